The quantitative estimate of drug-likeness (QED) is 0.531. The number of nitrogens with zero attached hydrogens (tertiary/aromatic N) is 3. The Bertz CT molecular complexity index is 798. The van der Waals surface area contributed by atoms with Gasteiger partial charge in [-0.1, -0.05) is 12.1 Å². The first-order chi connectivity index (χ1) is 11.7. The summed E-state index contributed by atoms with van der Waals surface area (Å²) in [5, 5.41) is 6.38. The molecule has 3 N–H and O–H groups in total. The van der Waals surface area contributed by atoms with Gasteiger partial charge in [0, 0.05) is 36.7 Å². The summed E-state index contributed by atoms with van der Waals surface area (Å²) in [6, 6.07) is 8.70. The molecule has 1 aromatic carbocycles. The Morgan fingerprint density at radius 2 is 2.29 bits per heavy atom. The highest BCUT2D eigenvalue weighted by Crippen LogP contribution is 2.24. The number of hydrogen-bond donors (Lipinski definition) is 2. The number of benzene rings is 1. The van der Waals surface area contributed by atoms with Crippen LogP contribution >= 0.6 is 0 Å². The van der Waals surface area contributed by atoms with Crippen molar-refractivity contribution in [3.05, 3.63) is 49.1 Å². The van der Waals surface area contributed by atoms with E-state index in [2.05, 4.69) is 15.5 Å². The van der Waals surface area contributed by atoms with E-state index in [4.69, 9.17) is 15.0 Å². The smallest absolute Gasteiger partial charge is 0.399 e. The van der Waals surface area contributed by atoms with Gasteiger partial charge in [0.2, 0.25) is 0 Å². The van der Waals surface area contributed by atoms with E-state index in [1.54, 1.807) is 36.8 Å². The van der Waals surface area contributed by atoms with Crippen LogP contribution in [0.4, 0.5) is 10.5 Å². The van der Waals surface area contributed by atoms with Gasteiger partial charge in [-0.15, -0.1) is 0 Å². The van der Waals surface area contributed by atoms with Crippen molar-refractivity contribution in [1.29, 1.82) is 0 Å². The third kappa shape index (κ3) is 4.13. The number of imidazole rings is 1. The summed E-state index contributed by atoms with van der Waals surface area (Å²) >= 11 is 0. The highest BCUT2D eigenvalue weighted by atomic mass is 16.6. The Balaban J connectivity index is 1.46. The fourth-order valence-electron chi connectivity index (χ4n) is 2.14. The third-order valence-electron chi connectivity index (χ3n) is 3.28. The normalized spacial score (nSPS) is 10.5. The van der Waals surface area contributed by atoms with E-state index < -0.39 is 6.09 Å². The SMILES string of the molecule is Nc1cccc(-c2cc(OC(=O)NCCCn3ccnc3)no2)c1. The largest absolute Gasteiger partial charge is 0.414 e. The molecule has 1 amide bonds. The second-order valence-electron chi connectivity index (χ2n) is 5.13. The van der Waals surface area contributed by atoms with Gasteiger partial charge >= 0.3 is 6.09 Å². The Labute approximate surface area is 138 Å². The van der Waals surface area contributed by atoms with Gasteiger partial charge in [0.1, 0.15) is 0 Å². The number of aryl methyl sites for hydroxylation is 1. The molecule has 8 heteroatoms. The molecule has 3 rings (SSSR count). The van der Waals surface area contributed by atoms with Crippen LogP contribution in [-0.4, -0.2) is 27.3 Å². The summed E-state index contributed by atoms with van der Waals surface area (Å²) in [6.07, 6.45) is 5.49. The fraction of sp³-hybridized carbons (Fsp3) is 0.188. The molecule has 0 aliphatic carbocycles. The van der Waals surface area contributed by atoms with Crippen LogP contribution in [0.15, 0.2) is 53.6 Å². The molecule has 3 aromatic rings. The zero-order chi connectivity index (χ0) is 16.8. The third-order valence-corrected chi connectivity index (χ3v) is 3.28. The molecule has 0 bridgehead atoms. The Kier molecular flexibility index (Phi) is 4.76. The van der Waals surface area contributed by atoms with Crippen molar-refractivity contribution >= 4 is 11.8 Å². The molecule has 8 nitrogen and oxygen atoms in total. The number of carbonyl (C=O) groups is 1. The lowest BCUT2D eigenvalue weighted by atomic mass is 10.1. The van der Waals surface area contributed by atoms with Crippen LogP contribution in [0.5, 0.6) is 5.88 Å². The number of nitrogens with two attached hydrogens (primary N) is 1. The number of amides is 1. The van der Waals surface area contributed by atoms with Crippen molar-refractivity contribution < 1.29 is 14.1 Å². The number of anilines is 1. The summed E-state index contributed by atoms with van der Waals surface area (Å²) < 4.78 is 12.2. The summed E-state index contributed by atoms with van der Waals surface area (Å²) in [6.45, 7) is 1.25. The second-order valence-corrected chi connectivity index (χ2v) is 5.13. The highest BCUT2D eigenvalue weighted by Gasteiger charge is 2.11. The average molecular weight is 327 g/mol. The summed E-state index contributed by atoms with van der Waals surface area (Å²) in [4.78, 5) is 15.7. The summed E-state index contributed by atoms with van der Waals surface area (Å²) in [7, 11) is 0. The lowest BCUT2D eigenvalue weighted by molar-refractivity contribution is 0.195. The zero-order valence-corrected chi connectivity index (χ0v) is 12.9. The minimum atomic E-state index is -0.576. The molecule has 0 unspecified atom stereocenters. The molecule has 24 heavy (non-hydrogen) atoms. The molecule has 0 aliphatic heterocycles. The molecule has 0 radical (unpaired) electrons. The van der Waals surface area contributed by atoms with Gasteiger partial charge in [-0.3, -0.25) is 0 Å². The lowest BCUT2D eigenvalue weighted by Crippen LogP contribution is -2.28. The molecule has 0 saturated heterocycles. The van der Waals surface area contributed by atoms with Crippen LogP contribution in [0.25, 0.3) is 11.3 Å². The van der Waals surface area contributed by atoms with E-state index >= 15 is 0 Å². The average Bonchev–Trinajstić information content (AvgIpc) is 3.23. The standard InChI is InChI=1S/C16H17N5O3/c17-13-4-1-3-12(9-13)14-10-15(20-24-14)23-16(22)19-5-2-7-21-8-6-18-11-21/h1,3-4,6,8-11H,2,5,7,17H2,(H,19,22). The first kappa shape index (κ1) is 15.6. The minimum Gasteiger partial charge on any atom is -0.399 e. The van der Waals surface area contributed by atoms with Gasteiger partial charge in [0.15, 0.2) is 5.76 Å². The first-order valence-corrected chi connectivity index (χ1v) is 7.45. The first-order valence-electron chi connectivity index (χ1n) is 7.45. The van der Waals surface area contributed by atoms with Crippen LogP contribution in [0.2, 0.25) is 0 Å². The zero-order valence-electron chi connectivity index (χ0n) is 12.9. The summed E-state index contributed by atoms with van der Waals surface area (Å²) in [5.41, 5.74) is 7.10. The predicted octanol–water partition coefficient (Wildman–Crippen LogP) is 2.30. The van der Waals surface area contributed by atoms with Gasteiger partial charge in [-0.05, 0) is 23.7 Å². The molecular formula is C16H17N5O3. The van der Waals surface area contributed by atoms with Gasteiger partial charge in [-0.2, -0.15) is 0 Å². The maximum Gasteiger partial charge on any atom is 0.414 e. The number of nitrogen functional groups attached to an aromatic ring is 1. The number of carbonyl (C=O) groups excluding carboxylic acids is 1. The van der Waals surface area contributed by atoms with E-state index in [9.17, 15) is 4.79 Å². The van der Waals surface area contributed by atoms with Crippen molar-refractivity contribution in [3.8, 4) is 17.2 Å². The molecule has 2 aromatic heterocycles. The lowest BCUT2D eigenvalue weighted by Gasteiger charge is -2.04. The number of rotatable bonds is 6. The van der Waals surface area contributed by atoms with E-state index in [1.807, 2.05) is 16.8 Å². The molecule has 124 valence electrons. The van der Waals surface area contributed by atoms with Gasteiger partial charge < -0.3 is 24.9 Å². The summed E-state index contributed by atoms with van der Waals surface area (Å²) in [5.74, 6) is 0.574. The van der Waals surface area contributed by atoms with Crippen molar-refractivity contribution in [2.24, 2.45) is 0 Å². The molecule has 0 fully saturated rings. The maximum atomic E-state index is 11.7. The number of aromatic nitrogens is 3. The van der Waals surface area contributed by atoms with Gasteiger partial charge in [-0.25, -0.2) is 9.78 Å². The Morgan fingerprint density at radius 1 is 1.38 bits per heavy atom. The van der Waals surface area contributed by atoms with E-state index in [-0.39, 0.29) is 5.88 Å². The number of hydrogen-bond acceptors (Lipinski definition) is 6. The van der Waals surface area contributed by atoms with Crippen molar-refractivity contribution in [2.45, 2.75) is 13.0 Å². The highest BCUT2D eigenvalue weighted by molar-refractivity contribution is 5.70. The molecule has 0 spiro atoms. The Morgan fingerprint density at radius 3 is 3.08 bits per heavy atom. The van der Waals surface area contributed by atoms with E-state index in [0.29, 0.717) is 18.0 Å². The number of nitrogens with one attached hydrogen (secondary N) is 1. The van der Waals surface area contributed by atoms with Crippen molar-refractivity contribution in [3.63, 3.8) is 0 Å². The van der Waals surface area contributed by atoms with Crippen molar-refractivity contribution in [1.82, 2.24) is 20.0 Å². The van der Waals surface area contributed by atoms with E-state index in [1.165, 1.54) is 0 Å². The van der Waals surface area contributed by atoms with Crippen LogP contribution in [-0.2, 0) is 6.54 Å². The van der Waals surface area contributed by atoms with Crippen molar-refractivity contribution in [2.75, 3.05) is 12.3 Å². The van der Waals surface area contributed by atoms with Gasteiger partial charge in [0.25, 0.3) is 5.88 Å². The van der Waals surface area contributed by atoms with Crippen LogP contribution in [0, 0.1) is 0 Å². The number of ether oxygens (including phenoxy) is 1. The van der Waals surface area contributed by atoms with Crippen LogP contribution < -0.4 is 15.8 Å². The minimum absolute atomic E-state index is 0.0968. The predicted molar refractivity (Wildman–Crippen MR) is 87.2 cm³/mol. The Hall–Kier alpha value is -3.29. The maximum absolute atomic E-state index is 11.7. The monoisotopic (exact) mass is 327 g/mol. The van der Waals surface area contributed by atoms with Crippen LogP contribution in [0.1, 0.15) is 6.42 Å². The van der Waals surface area contributed by atoms with Gasteiger partial charge in [0.05, 0.1) is 12.4 Å². The molecule has 0 atom stereocenters. The molecule has 0 saturated carbocycles. The van der Waals surface area contributed by atoms with E-state index in [0.717, 1.165) is 18.5 Å². The molecule has 2 heterocycles. The van der Waals surface area contributed by atoms with Crippen LogP contribution in [0.3, 0.4) is 0 Å². The fourth-order valence-corrected chi connectivity index (χ4v) is 2.14. The molecular weight excluding hydrogens is 310 g/mol. The molecule has 0 aliphatic rings. The second kappa shape index (κ2) is 7.32. The topological polar surface area (TPSA) is 108 Å².